The van der Waals surface area contributed by atoms with Crippen LogP contribution in [0.4, 0.5) is 0 Å². The maximum absolute atomic E-state index is 9.31. The second-order valence-corrected chi connectivity index (χ2v) is 3.89. The van der Waals surface area contributed by atoms with Crippen molar-refractivity contribution >= 4 is 10.9 Å². The second-order valence-electron chi connectivity index (χ2n) is 3.89. The van der Waals surface area contributed by atoms with Crippen molar-refractivity contribution in [2.75, 3.05) is 20.3 Å². The first kappa shape index (κ1) is 11.8. The maximum Gasteiger partial charge on any atom is 0.217 e. The number of aliphatic hydroxyl groups excluding tert-OH is 1. The van der Waals surface area contributed by atoms with Gasteiger partial charge in [-0.1, -0.05) is 18.2 Å². The average molecular weight is 232 g/mol. The molecule has 0 radical (unpaired) electrons. The predicted molar refractivity (Wildman–Crippen MR) is 67.2 cm³/mol. The summed E-state index contributed by atoms with van der Waals surface area (Å²) in [4.78, 5) is 4.42. The van der Waals surface area contributed by atoms with Gasteiger partial charge < -0.3 is 15.6 Å². The molecule has 1 atom stereocenters. The van der Waals surface area contributed by atoms with Crippen LogP contribution in [-0.4, -0.2) is 30.4 Å². The van der Waals surface area contributed by atoms with Gasteiger partial charge >= 0.3 is 0 Å². The number of methoxy groups -OCH3 is 1. The van der Waals surface area contributed by atoms with Crippen LogP contribution in [-0.2, 0) is 0 Å². The normalized spacial score (nSPS) is 12.6. The molecule has 4 heteroatoms. The molecular weight excluding hydrogens is 216 g/mol. The molecule has 1 heterocycles. The number of nitrogens with two attached hydrogens (primary N) is 1. The Kier molecular flexibility index (Phi) is 3.56. The molecule has 1 unspecified atom stereocenters. The zero-order chi connectivity index (χ0) is 12.3. The minimum atomic E-state index is -0.137. The van der Waals surface area contributed by atoms with Crippen molar-refractivity contribution in [1.82, 2.24) is 4.98 Å². The third-order valence-corrected chi connectivity index (χ3v) is 2.85. The van der Waals surface area contributed by atoms with Gasteiger partial charge in [-0.2, -0.15) is 0 Å². The zero-order valence-electron chi connectivity index (χ0n) is 9.76. The van der Waals surface area contributed by atoms with E-state index >= 15 is 0 Å². The number of rotatable bonds is 4. The summed E-state index contributed by atoms with van der Waals surface area (Å²) in [5.74, 6) is 0.398. The zero-order valence-corrected chi connectivity index (χ0v) is 9.76. The molecule has 0 bridgehead atoms. The van der Waals surface area contributed by atoms with Gasteiger partial charge in [0.05, 0.1) is 19.2 Å². The molecule has 2 rings (SSSR count). The van der Waals surface area contributed by atoms with Gasteiger partial charge in [0.25, 0.3) is 0 Å². The number of hydrogen-bond acceptors (Lipinski definition) is 4. The molecule has 0 amide bonds. The van der Waals surface area contributed by atoms with Crippen molar-refractivity contribution in [3.05, 3.63) is 35.9 Å². The Balaban J connectivity index is 2.60. The van der Waals surface area contributed by atoms with Gasteiger partial charge in [-0.3, -0.25) is 0 Å². The van der Waals surface area contributed by atoms with Crippen LogP contribution in [0.1, 0.15) is 11.5 Å². The number of para-hydroxylation sites is 1. The number of ether oxygens (including phenoxy) is 1. The summed E-state index contributed by atoms with van der Waals surface area (Å²) in [6.45, 7) is 0.361. The summed E-state index contributed by atoms with van der Waals surface area (Å²) >= 11 is 0. The summed E-state index contributed by atoms with van der Waals surface area (Å²) in [6, 6.07) is 9.78. The van der Waals surface area contributed by atoms with E-state index in [0.29, 0.717) is 12.4 Å². The van der Waals surface area contributed by atoms with Crippen molar-refractivity contribution in [3.63, 3.8) is 0 Å². The van der Waals surface area contributed by atoms with E-state index in [1.54, 1.807) is 7.11 Å². The highest BCUT2D eigenvalue weighted by Gasteiger charge is 2.16. The predicted octanol–water partition coefficient (Wildman–Crippen LogP) is 1.28. The van der Waals surface area contributed by atoms with E-state index in [2.05, 4.69) is 4.98 Å². The SMILES string of the molecule is COc1nc2ccccc2cc1C(CN)CO. The molecule has 0 aliphatic carbocycles. The summed E-state index contributed by atoms with van der Waals surface area (Å²) in [5, 5.41) is 10.3. The first-order chi connectivity index (χ1) is 8.30. The Morgan fingerprint density at radius 2 is 2.18 bits per heavy atom. The van der Waals surface area contributed by atoms with Crippen molar-refractivity contribution in [3.8, 4) is 5.88 Å². The number of hydrogen-bond donors (Lipinski definition) is 2. The van der Waals surface area contributed by atoms with Gasteiger partial charge in [0.1, 0.15) is 0 Å². The standard InChI is InChI=1S/C13H16N2O2/c1-17-13-11(10(7-14)8-16)6-9-4-2-3-5-12(9)15-13/h2-6,10,16H,7-8,14H2,1H3. The third-order valence-electron chi connectivity index (χ3n) is 2.85. The third kappa shape index (κ3) is 2.23. The minimum Gasteiger partial charge on any atom is -0.481 e. The lowest BCUT2D eigenvalue weighted by Crippen LogP contribution is -2.17. The molecule has 4 nitrogen and oxygen atoms in total. The highest BCUT2D eigenvalue weighted by Crippen LogP contribution is 2.27. The first-order valence-electron chi connectivity index (χ1n) is 5.54. The molecule has 0 saturated carbocycles. The average Bonchev–Trinajstić information content (AvgIpc) is 2.39. The topological polar surface area (TPSA) is 68.4 Å². The van der Waals surface area contributed by atoms with Crippen LogP contribution in [0.5, 0.6) is 5.88 Å². The van der Waals surface area contributed by atoms with Crippen LogP contribution in [0.15, 0.2) is 30.3 Å². The summed E-state index contributed by atoms with van der Waals surface area (Å²) in [7, 11) is 1.57. The van der Waals surface area contributed by atoms with E-state index in [9.17, 15) is 5.11 Å². The molecule has 3 N–H and O–H groups in total. The van der Waals surface area contributed by atoms with E-state index in [1.807, 2.05) is 30.3 Å². The van der Waals surface area contributed by atoms with Crippen LogP contribution >= 0.6 is 0 Å². The largest absolute Gasteiger partial charge is 0.481 e. The highest BCUT2D eigenvalue weighted by atomic mass is 16.5. The van der Waals surface area contributed by atoms with Crippen molar-refractivity contribution in [2.24, 2.45) is 5.73 Å². The second kappa shape index (κ2) is 5.12. The Bertz CT molecular complexity index is 510. The molecule has 90 valence electrons. The Labute approximate surface area is 100 Å². The molecule has 2 aromatic rings. The first-order valence-corrected chi connectivity index (χ1v) is 5.54. The number of benzene rings is 1. The van der Waals surface area contributed by atoms with Crippen LogP contribution < -0.4 is 10.5 Å². The quantitative estimate of drug-likeness (QED) is 0.833. The van der Waals surface area contributed by atoms with Crippen LogP contribution in [0.2, 0.25) is 0 Å². The monoisotopic (exact) mass is 232 g/mol. The molecule has 1 aromatic heterocycles. The molecular formula is C13H16N2O2. The van der Waals surface area contributed by atoms with Crippen LogP contribution in [0.25, 0.3) is 10.9 Å². The van der Waals surface area contributed by atoms with E-state index < -0.39 is 0 Å². The van der Waals surface area contributed by atoms with Gasteiger partial charge in [0, 0.05) is 23.4 Å². The van der Waals surface area contributed by atoms with Gasteiger partial charge in [-0.15, -0.1) is 0 Å². The molecule has 17 heavy (non-hydrogen) atoms. The number of nitrogens with zero attached hydrogens (tertiary/aromatic N) is 1. The molecule has 1 aromatic carbocycles. The van der Waals surface area contributed by atoms with Crippen LogP contribution in [0.3, 0.4) is 0 Å². The summed E-state index contributed by atoms with van der Waals surface area (Å²) in [5.41, 5.74) is 7.37. The molecule has 0 aliphatic rings. The molecule has 0 aliphatic heterocycles. The van der Waals surface area contributed by atoms with E-state index in [4.69, 9.17) is 10.5 Å². The van der Waals surface area contributed by atoms with Gasteiger partial charge in [0.15, 0.2) is 0 Å². The van der Waals surface area contributed by atoms with E-state index in [-0.39, 0.29) is 12.5 Å². The fourth-order valence-electron chi connectivity index (χ4n) is 1.87. The smallest absolute Gasteiger partial charge is 0.217 e. The van der Waals surface area contributed by atoms with E-state index in [0.717, 1.165) is 16.5 Å². The Hall–Kier alpha value is -1.65. The lowest BCUT2D eigenvalue weighted by Gasteiger charge is -2.15. The fourth-order valence-corrected chi connectivity index (χ4v) is 1.87. The highest BCUT2D eigenvalue weighted by molar-refractivity contribution is 5.80. The maximum atomic E-state index is 9.31. The van der Waals surface area contributed by atoms with Crippen molar-refractivity contribution in [2.45, 2.75) is 5.92 Å². The number of aliphatic hydroxyl groups is 1. The number of aromatic nitrogens is 1. The molecule has 0 spiro atoms. The summed E-state index contributed by atoms with van der Waals surface area (Å²) in [6.07, 6.45) is 0. The molecule has 0 fully saturated rings. The van der Waals surface area contributed by atoms with Gasteiger partial charge in [0.2, 0.25) is 5.88 Å². The number of fused-ring (bicyclic) bond motifs is 1. The van der Waals surface area contributed by atoms with Crippen molar-refractivity contribution < 1.29 is 9.84 Å². The van der Waals surface area contributed by atoms with Crippen LogP contribution in [0, 0.1) is 0 Å². The van der Waals surface area contributed by atoms with Gasteiger partial charge in [-0.25, -0.2) is 4.98 Å². The summed E-state index contributed by atoms with van der Waals surface area (Å²) < 4.78 is 5.26. The van der Waals surface area contributed by atoms with E-state index in [1.165, 1.54) is 0 Å². The lowest BCUT2D eigenvalue weighted by atomic mass is 9.99. The Morgan fingerprint density at radius 1 is 1.41 bits per heavy atom. The van der Waals surface area contributed by atoms with Gasteiger partial charge in [-0.05, 0) is 12.1 Å². The molecule has 0 saturated heterocycles. The fraction of sp³-hybridized carbons (Fsp3) is 0.308. The lowest BCUT2D eigenvalue weighted by molar-refractivity contribution is 0.263. The number of pyridine rings is 1. The Morgan fingerprint density at radius 3 is 2.82 bits per heavy atom. The minimum absolute atomic E-state index is 0.00706. The van der Waals surface area contributed by atoms with Crippen molar-refractivity contribution in [1.29, 1.82) is 0 Å².